The van der Waals surface area contributed by atoms with E-state index < -0.39 is 0 Å². The summed E-state index contributed by atoms with van der Waals surface area (Å²) in [4.78, 5) is 17.9. The molecule has 0 radical (unpaired) electrons. The molecule has 2 aromatic rings. The van der Waals surface area contributed by atoms with E-state index in [1.54, 1.807) is 0 Å². The minimum absolute atomic E-state index is 0.380. The van der Waals surface area contributed by atoms with Gasteiger partial charge >= 0.3 is 0 Å². The van der Waals surface area contributed by atoms with E-state index in [-0.39, 0.29) is 0 Å². The topological polar surface area (TPSA) is 45.8 Å². The second kappa shape index (κ2) is 4.53. The average molecular weight is 228 g/mol. The number of aromatic amines is 1. The Hall–Kier alpha value is -1.90. The molecule has 0 atom stereocenters. The number of hydrogen-bond donors (Lipinski definition) is 1. The third-order valence-corrected chi connectivity index (χ3v) is 2.87. The number of aromatic nitrogens is 2. The van der Waals surface area contributed by atoms with E-state index in [1.165, 1.54) is 5.56 Å². The summed E-state index contributed by atoms with van der Waals surface area (Å²) in [6, 6.07) is 8.31. The Morgan fingerprint density at radius 3 is 2.35 bits per heavy atom. The van der Waals surface area contributed by atoms with Gasteiger partial charge in [0.25, 0.3) is 0 Å². The standard InChI is InChI=1S/C14H16N2O/c1-9(2)11-4-6-12(7-5-11)14-10(3)15-13(8-17)16-14/h4-9H,1-3H3,(H,15,16). The second-order valence-corrected chi connectivity index (χ2v) is 4.49. The van der Waals surface area contributed by atoms with Crippen LogP contribution in [0.5, 0.6) is 0 Å². The molecule has 0 bridgehead atoms. The number of carbonyl (C=O) groups is 1. The van der Waals surface area contributed by atoms with Crippen molar-refractivity contribution in [2.75, 3.05) is 0 Å². The van der Waals surface area contributed by atoms with E-state index in [9.17, 15) is 4.79 Å². The van der Waals surface area contributed by atoms with Gasteiger partial charge in [0.15, 0.2) is 12.1 Å². The molecular formula is C14H16N2O. The maximum absolute atomic E-state index is 10.7. The van der Waals surface area contributed by atoms with Gasteiger partial charge in [0, 0.05) is 11.3 Å². The first kappa shape index (κ1) is 11.6. The van der Waals surface area contributed by atoms with Gasteiger partial charge in [-0.25, -0.2) is 4.98 Å². The number of imidazole rings is 1. The molecule has 0 saturated carbocycles. The summed E-state index contributed by atoms with van der Waals surface area (Å²) in [6.45, 7) is 6.25. The zero-order valence-corrected chi connectivity index (χ0v) is 10.3. The summed E-state index contributed by atoms with van der Waals surface area (Å²) in [5.41, 5.74) is 4.11. The Labute approximate surface area is 101 Å². The predicted octanol–water partition coefficient (Wildman–Crippen LogP) is 3.32. The predicted molar refractivity (Wildman–Crippen MR) is 68.2 cm³/mol. The van der Waals surface area contributed by atoms with E-state index in [0.29, 0.717) is 11.7 Å². The number of carbonyl (C=O) groups excluding carboxylic acids is 1. The first-order valence-electron chi connectivity index (χ1n) is 5.74. The van der Waals surface area contributed by atoms with Crippen molar-refractivity contribution in [3.63, 3.8) is 0 Å². The van der Waals surface area contributed by atoms with Crippen LogP contribution in [0.25, 0.3) is 11.3 Å². The highest BCUT2D eigenvalue weighted by Crippen LogP contribution is 2.23. The first-order chi connectivity index (χ1) is 8.11. The fourth-order valence-electron chi connectivity index (χ4n) is 1.85. The van der Waals surface area contributed by atoms with E-state index >= 15 is 0 Å². The smallest absolute Gasteiger partial charge is 0.185 e. The molecule has 0 aliphatic rings. The van der Waals surface area contributed by atoms with Crippen molar-refractivity contribution in [1.29, 1.82) is 0 Å². The van der Waals surface area contributed by atoms with E-state index in [0.717, 1.165) is 23.2 Å². The minimum Gasteiger partial charge on any atom is -0.339 e. The highest BCUT2D eigenvalue weighted by Gasteiger charge is 2.08. The molecule has 0 fully saturated rings. The number of benzene rings is 1. The van der Waals surface area contributed by atoms with E-state index in [1.807, 2.05) is 19.1 Å². The normalized spacial score (nSPS) is 10.8. The van der Waals surface area contributed by atoms with Gasteiger partial charge in [-0.2, -0.15) is 0 Å². The van der Waals surface area contributed by atoms with Gasteiger partial charge in [0.1, 0.15) is 0 Å². The summed E-state index contributed by atoms with van der Waals surface area (Å²) in [7, 11) is 0. The third-order valence-electron chi connectivity index (χ3n) is 2.87. The van der Waals surface area contributed by atoms with Gasteiger partial charge < -0.3 is 4.98 Å². The van der Waals surface area contributed by atoms with E-state index in [4.69, 9.17) is 0 Å². The maximum Gasteiger partial charge on any atom is 0.185 e. The Morgan fingerprint density at radius 1 is 1.24 bits per heavy atom. The van der Waals surface area contributed by atoms with Crippen LogP contribution in [0.1, 0.15) is 41.6 Å². The molecule has 0 saturated heterocycles. The summed E-state index contributed by atoms with van der Waals surface area (Å²) in [6.07, 6.45) is 0.735. The van der Waals surface area contributed by atoms with Gasteiger partial charge in [-0.05, 0) is 18.4 Å². The molecule has 2 rings (SSSR count). The largest absolute Gasteiger partial charge is 0.339 e. The Balaban J connectivity index is 2.39. The van der Waals surface area contributed by atoms with Crippen molar-refractivity contribution in [3.8, 4) is 11.3 Å². The van der Waals surface area contributed by atoms with Crippen molar-refractivity contribution >= 4 is 6.29 Å². The summed E-state index contributed by atoms with van der Waals surface area (Å²) in [5.74, 6) is 0.903. The molecule has 0 unspecified atom stereocenters. The molecular weight excluding hydrogens is 212 g/mol. The Kier molecular flexibility index (Phi) is 3.09. The number of nitrogens with zero attached hydrogens (tertiary/aromatic N) is 1. The molecule has 0 amide bonds. The molecule has 3 nitrogen and oxygen atoms in total. The lowest BCUT2D eigenvalue weighted by Gasteiger charge is -2.05. The molecule has 1 aromatic heterocycles. The lowest BCUT2D eigenvalue weighted by atomic mass is 10.0. The van der Waals surface area contributed by atoms with Crippen LogP contribution in [0.4, 0.5) is 0 Å². The van der Waals surface area contributed by atoms with Crippen molar-refractivity contribution in [2.45, 2.75) is 26.7 Å². The van der Waals surface area contributed by atoms with E-state index in [2.05, 4.69) is 35.9 Å². The number of H-pyrrole nitrogens is 1. The molecule has 17 heavy (non-hydrogen) atoms. The van der Waals surface area contributed by atoms with Gasteiger partial charge in [0.2, 0.25) is 0 Å². The van der Waals surface area contributed by atoms with Crippen LogP contribution in [0.3, 0.4) is 0 Å². The van der Waals surface area contributed by atoms with Crippen LogP contribution >= 0.6 is 0 Å². The maximum atomic E-state index is 10.7. The van der Waals surface area contributed by atoms with Crippen molar-refractivity contribution < 1.29 is 4.79 Å². The van der Waals surface area contributed by atoms with Gasteiger partial charge in [-0.15, -0.1) is 0 Å². The SMILES string of the molecule is Cc1[nH]c(C=O)nc1-c1ccc(C(C)C)cc1. The Morgan fingerprint density at radius 2 is 1.88 bits per heavy atom. The van der Waals surface area contributed by atoms with Crippen LogP contribution in [-0.2, 0) is 0 Å². The summed E-state index contributed by atoms with van der Waals surface area (Å²) < 4.78 is 0. The van der Waals surface area contributed by atoms with Crippen molar-refractivity contribution in [2.24, 2.45) is 0 Å². The second-order valence-electron chi connectivity index (χ2n) is 4.49. The van der Waals surface area contributed by atoms with Crippen LogP contribution < -0.4 is 0 Å². The number of hydrogen-bond acceptors (Lipinski definition) is 2. The first-order valence-corrected chi connectivity index (χ1v) is 5.74. The lowest BCUT2D eigenvalue weighted by molar-refractivity contribution is 0.111. The minimum atomic E-state index is 0.380. The number of nitrogens with one attached hydrogen (secondary N) is 1. The summed E-state index contributed by atoms with van der Waals surface area (Å²) >= 11 is 0. The zero-order valence-electron chi connectivity index (χ0n) is 10.3. The van der Waals surface area contributed by atoms with Gasteiger partial charge in [-0.1, -0.05) is 38.1 Å². The number of rotatable bonds is 3. The monoisotopic (exact) mass is 228 g/mol. The molecule has 1 aromatic carbocycles. The molecule has 1 heterocycles. The van der Waals surface area contributed by atoms with Crippen LogP contribution in [-0.4, -0.2) is 16.3 Å². The molecule has 0 spiro atoms. The van der Waals surface area contributed by atoms with Gasteiger partial charge in [-0.3, -0.25) is 4.79 Å². The fourth-order valence-corrected chi connectivity index (χ4v) is 1.85. The molecule has 1 N–H and O–H groups in total. The number of aryl methyl sites for hydroxylation is 1. The van der Waals surface area contributed by atoms with Gasteiger partial charge in [0.05, 0.1) is 5.69 Å². The quantitative estimate of drug-likeness (QED) is 0.819. The van der Waals surface area contributed by atoms with Crippen LogP contribution in [0.2, 0.25) is 0 Å². The number of aldehydes is 1. The van der Waals surface area contributed by atoms with Crippen LogP contribution in [0.15, 0.2) is 24.3 Å². The zero-order chi connectivity index (χ0) is 12.4. The average Bonchev–Trinajstić information content (AvgIpc) is 2.71. The Bertz CT molecular complexity index is 524. The lowest BCUT2D eigenvalue weighted by Crippen LogP contribution is -1.87. The van der Waals surface area contributed by atoms with Crippen molar-refractivity contribution in [3.05, 3.63) is 41.3 Å². The highest BCUT2D eigenvalue weighted by atomic mass is 16.1. The highest BCUT2D eigenvalue weighted by molar-refractivity contribution is 5.73. The molecule has 0 aliphatic carbocycles. The third kappa shape index (κ3) is 2.28. The molecule has 0 aliphatic heterocycles. The fraction of sp³-hybridized carbons (Fsp3) is 0.286. The molecule has 88 valence electrons. The summed E-state index contributed by atoms with van der Waals surface area (Å²) in [5, 5.41) is 0. The van der Waals surface area contributed by atoms with Crippen molar-refractivity contribution in [1.82, 2.24) is 9.97 Å². The van der Waals surface area contributed by atoms with Crippen LogP contribution in [0, 0.1) is 6.92 Å². The molecule has 3 heteroatoms.